The summed E-state index contributed by atoms with van der Waals surface area (Å²) < 4.78 is 0. The Morgan fingerprint density at radius 2 is 1.75 bits per heavy atom. The van der Waals surface area contributed by atoms with Gasteiger partial charge in [-0.05, 0) is 66.3 Å². The third kappa shape index (κ3) is 2.99. The number of H-pyrrole nitrogens is 1. The molecule has 0 atom stereocenters. The van der Waals surface area contributed by atoms with Gasteiger partial charge in [-0.15, -0.1) is 0 Å². The average Bonchev–Trinajstić information content (AvgIpc) is 3.23. The standard InChI is InChI=1S/C28H25N3O/c1-4-20-26(28(29)32)17(3)16(2)25(19-13-18-9-5-7-11-23(18)30-14-19)27(20)22-15-31-24-12-8-6-10-21(22)24/h5-15,31H,4H2,1-3H3,(H2,29,32). The first-order valence-corrected chi connectivity index (χ1v) is 10.9. The summed E-state index contributed by atoms with van der Waals surface area (Å²) in [5.74, 6) is -0.383. The van der Waals surface area contributed by atoms with Crippen LogP contribution >= 0.6 is 0 Å². The molecule has 0 aliphatic rings. The molecule has 32 heavy (non-hydrogen) atoms. The Kier molecular flexibility index (Phi) is 4.78. The van der Waals surface area contributed by atoms with Crippen molar-refractivity contribution < 1.29 is 4.79 Å². The maximum absolute atomic E-state index is 12.6. The number of nitrogens with two attached hydrogens (primary N) is 1. The number of nitrogens with one attached hydrogen (secondary N) is 1. The molecule has 5 rings (SSSR count). The number of nitrogens with zero attached hydrogens (tertiary/aromatic N) is 1. The maximum atomic E-state index is 12.6. The second-order valence-electron chi connectivity index (χ2n) is 8.24. The normalized spacial score (nSPS) is 11.3. The fourth-order valence-corrected chi connectivity index (χ4v) is 4.90. The highest BCUT2D eigenvalue weighted by molar-refractivity contribution is 6.07. The van der Waals surface area contributed by atoms with E-state index in [0.29, 0.717) is 12.0 Å². The van der Waals surface area contributed by atoms with Crippen molar-refractivity contribution in [3.05, 3.63) is 89.2 Å². The first-order valence-electron chi connectivity index (χ1n) is 10.9. The Morgan fingerprint density at radius 1 is 1.00 bits per heavy atom. The molecule has 0 radical (unpaired) electrons. The van der Waals surface area contributed by atoms with Gasteiger partial charge < -0.3 is 10.7 Å². The molecule has 4 nitrogen and oxygen atoms in total. The minimum absolute atomic E-state index is 0.383. The summed E-state index contributed by atoms with van der Waals surface area (Å²) in [7, 11) is 0. The van der Waals surface area contributed by atoms with Gasteiger partial charge in [-0.25, -0.2) is 0 Å². The van der Waals surface area contributed by atoms with Crippen LogP contribution < -0.4 is 5.73 Å². The van der Waals surface area contributed by atoms with Crippen molar-refractivity contribution in [2.45, 2.75) is 27.2 Å². The minimum atomic E-state index is -0.383. The van der Waals surface area contributed by atoms with Gasteiger partial charge in [0, 0.05) is 45.4 Å². The van der Waals surface area contributed by atoms with Crippen LogP contribution in [-0.2, 0) is 6.42 Å². The third-order valence-corrected chi connectivity index (χ3v) is 6.50. The molecule has 3 N–H and O–H groups in total. The van der Waals surface area contributed by atoms with E-state index in [4.69, 9.17) is 10.7 Å². The number of carbonyl (C=O) groups is 1. The van der Waals surface area contributed by atoms with Crippen LogP contribution in [0.2, 0.25) is 0 Å². The van der Waals surface area contributed by atoms with Crippen molar-refractivity contribution >= 4 is 27.7 Å². The van der Waals surface area contributed by atoms with Gasteiger partial charge in [0.2, 0.25) is 5.91 Å². The van der Waals surface area contributed by atoms with E-state index in [1.807, 2.05) is 49.6 Å². The number of benzene rings is 3. The molecule has 4 heteroatoms. The summed E-state index contributed by atoms with van der Waals surface area (Å²) in [5, 5.41) is 2.21. The predicted octanol–water partition coefficient (Wildman–Crippen LogP) is 6.33. The minimum Gasteiger partial charge on any atom is -0.366 e. The molecule has 2 aromatic heterocycles. The van der Waals surface area contributed by atoms with Gasteiger partial charge in [0.25, 0.3) is 0 Å². The fourth-order valence-electron chi connectivity index (χ4n) is 4.90. The van der Waals surface area contributed by atoms with E-state index in [1.165, 1.54) is 0 Å². The molecule has 0 fully saturated rings. The monoisotopic (exact) mass is 419 g/mol. The average molecular weight is 420 g/mol. The molecule has 3 aromatic carbocycles. The van der Waals surface area contributed by atoms with Crippen LogP contribution in [0, 0.1) is 13.8 Å². The molecule has 0 aliphatic heterocycles. The summed E-state index contributed by atoms with van der Waals surface area (Å²) in [6.07, 6.45) is 4.67. The third-order valence-electron chi connectivity index (χ3n) is 6.50. The number of hydrogen-bond acceptors (Lipinski definition) is 2. The second-order valence-corrected chi connectivity index (χ2v) is 8.24. The topological polar surface area (TPSA) is 71.8 Å². The number of hydrogen-bond donors (Lipinski definition) is 2. The van der Waals surface area contributed by atoms with Crippen LogP contribution in [0.5, 0.6) is 0 Å². The van der Waals surface area contributed by atoms with Crippen molar-refractivity contribution in [2.75, 3.05) is 0 Å². The molecule has 5 aromatic rings. The van der Waals surface area contributed by atoms with Crippen molar-refractivity contribution in [1.82, 2.24) is 9.97 Å². The van der Waals surface area contributed by atoms with E-state index in [-0.39, 0.29) is 5.91 Å². The van der Waals surface area contributed by atoms with Gasteiger partial charge >= 0.3 is 0 Å². The molecule has 0 unspecified atom stereocenters. The lowest BCUT2D eigenvalue weighted by Gasteiger charge is -2.23. The van der Waals surface area contributed by atoms with Crippen LogP contribution in [0.4, 0.5) is 0 Å². The lowest BCUT2D eigenvalue weighted by Crippen LogP contribution is -2.18. The lowest BCUT2D eigenvalue weighted by atomic mass is 9.81. The van der Waals surface area contributed by atoms with E-state index < -0.39 is 0 Å². The highest BCUT2D eigenvalue weighted by atomic mass is 16.1. The van der Waals surface area contributed by atoms with Crippen molar-refractivity contribution in [2.24, 2.45) is 5.73 Å². The first-order chi connectivity index (χ1) is 15.5. The number of aromatic nitrogens is 2. The molecule has 0 aliphatic carbocycles. The van der Waals surface area contributed by atoms with Crippen LogP contribution in [0.25, 0.3) is 44.1 Å². The smallest absolute Gasteiger partial charge is 0.249 e. The summed E-state index contributed by atoms with van der Waals surface area (Å²) in [6.45, 7) is 6.15. The van der Waals surface area contributed by atoms with Crippen LogP contribution in [-0.4, -0.2) is 15.9 Å². The zero-order valence-corrected chi connectivity index (χ0v) is 18.5. The number of carbonyl (C=O) groups excluding carboxylic acids is 1. The molecule has 0 saturated carbocycles. The zero-order valence-electron chi connectivity index (χ0n) is 18.5. The van der Waals surface area contributed by atoms with Crippen molar-refractivity contribution in [3.8, 4) is 22.3 Å². The lowest BCUT2D eigenvalue weighted by molar-refractivity contribution is 0.0999. The number of para-hydroxylation sites is 2. The summed E-state index contributed by atoms with van der Waals surface area (Å²) in [5.41, 5.74) is 15.8. The van der Waals surface area contributed by atoms with Gasteiger partial charge in [-0.2, -0.15) is 0 Å². The van der Waals surface area contributed by atoms with E-state index in [1.54, 1.807) is 0 Å². The number of pyridine rings is 1. The number of amides is 1. The highest BCUT2D eigenvalue weighted by Crippen LogP contribution is 2.44. The van der Waals surface area contributed by atoms with Gasteiger partial charge in [-0.1, -0.05) is 43.3 Å². The van der Waals surface area contributed by atoms with E-state index in [2.05, 4.69) is 43.1 Å². The SMILES string of the molecule is CCc1c(C(N)=O)c(C)c(C)c(-c2cnc3ccccc3c2)c1-c1c[nH]c2ccccc12. The van der Waals surface area contributed by atoms with Crippen molar-refractivity contribution in [1.29, 1.82) is 0 Å². The first kappa shape index (κ1) is 20.0. The molecular formula is C28H25N3O. The van der Waals surface area contributed by atoms with Crippen LogP contribution in [0.1, 0.15) is 34.0 Å². The summed E-state index contributed by atoms with van der Waals surface area (Å²) in [6, 6.07) is 18.6. The van der Waals surface area contributed by atoms with Gasteiger partial charge in [0.15, 0.2) is 0 Å². The van der Waals surface area contributed by atoms with E-state index in [9.17, 15) is 4.79 Å². The Labute approximate surface area is 187 Å². The van der Waals surface area contributed by atoms with Gasteiger partial charge in [0.1, 0.15) is 0 Å². The Morgan fingerprint density at radius 3 is 2.53 bits per heavy atom. The van der Waals surface area contributed by atoms with E-state index >= 15 is 0 Å². The zero-order chi connectivity index (χ0) is 22.4. The Hall–Kier alpha value is -3.92. The number of primary amides is 1. The number of aromatic amines is 1. The quantitative estimate of drug-likeness (QED) is 0.357. The largest absolute Gasteiger partial charge is 0.366 e. The molecular weight excluding hydrogens is 394 g/mol. The number of rotatable bonds is 4. The van der Waals surface area contributed by atoms with Gasteiger partial charge in [0.05, 0.1) is 5.52 Å². The van der Waals surface area contributed by atoms with Gasteiger partial charge in [-0.3, -0.25) is 9.78 Å². The molecule has 1 amide bonds. The summed E-state index contributed by atoms with van der Waals surface area (Å²) >= 11 is 0. The fraction of sp³-hybridized carbons (Fsp3) is 0.143. The van der Waals surface area contributed by atoms with Crippen LogP contribution in [0.15, 0.2) is 67.0 Å². The summed E-state index contributed by atoms with van der Waals surface area (Å²) in [4.78, 5) is 20.7. The highest BCUT2D eigenvalue weighted by Gasteiger charge is 2.25. The molecule has 0 bridgehead atoms. The molecule has 158 valence electrons. The second kappa shape index (κ2) is 7.65. The molecule has 0 saturated heterocycles. The number of fused-ring (bicyclic) bond motifs is 2. The van der Waals surface area contributed by atoms with Crippen molar-refractivity contribution in [3.63, 3.8) is 0 Å². The predicted molar refractivity (Wildman–Crippen MR) is 132 cm³/mol. The van der Waals surface area contributed by atoms with Crippen LogP contribution in [0.3, 0.4) is 0 Å². The molecule has 0 spiro atoms. The molecule has 2 heterocycles. The maximum Gasteiger partial charge on any atom is 0.249 e. The van der Waals surface area contributed by atoms with E-state index in [0.717, 1.165) is 60.8 Å². The Bertz CT molecular complexity index is 1510. The Balaban J connectivity index is 1.95.